The number of aromatic nitrogens is 5. The highest BCUT2D eigenvalue weighted by Crippen LogP contribution is 2.31. The van der Waals surface area contributed by atoms with Crippen molar-refractivity contribution in [3.63, 3.8) is 0 Å². The molecule has 0 saturated heterocycles. The molecule has 2 heterocycles. The second-order valence-corrected chi connectivity index (χ2v) is 4.50. The third kappa shape index (κ3) is 1.95. The van der Waals surface area contributed by atoms with Crippen molar-refractivity contribution < 1.29 is 8.91 Å². The van der Waals surface area contributed by atoms with Gasteiger partial charge >= 0.3 is 0 Å². The molecule has 0 saturated carbocycles. The van der Waals surface area contributed by atoms with Crippen molar-refractivity contribution in [3.05, 3.63) is 48.3 Å². The summed E-state index contributed by atoms with van der Waals surface area (Å²) in [6.45, 7) is 0. The molecule has 0 bridgehead atoms. The van der Waals surface area contributed by atoms with Crippen molar-refractivity contribution >= 4 is 10.9 Å². The molecular formula is C14H8FN5O. The predicted octanol–water partition coefficient (Wildman–Crippen LogP) is 2.81. The van der Waals surface area contributed by atoms with E-state index in [4.69, 9.17) is 4.52 Å². The Labute approximate surface area is 117 Å². The molecule has 0 unspecified atom stereocenters. The molecule has 0 aliphatic rings. The van der Waals surface area contributed by atoms with E-state index in [0.717, 1.165) is 16.5 Å². The molecule has 0 aliphatic carbocycles. The van der Waals surface area contributed by atoms with Crippen LogP contribution in [-0.4, -0.2) is 25.8 Å². The molecule has 0 spiro atoms. The predicted molar refractivity (Wildman–Crippen MR) is 72.6 cm³/mol. The topological polar surface area (TPSA) is 80.5 Å². The summed E-state index contributed by atoms with van der Waals surface area (Å²) in [5.74, 6) is 0.846. The number of fused-ring (bicyclic) bond motifs is 1. The van der Waals surface area contributed by atoms with E-state index in [1.54, 1.807) is 12.1 Å². The van der Waals surface area contributed by atoms with Crippen molar-refractivity contribution in [2.45, 2.75) is 0 Å². The fourth-order valence-electron chi connectivity index (χ4n) is 2.18. The molecule has 0 fully saturated rings. The number of tetrazole rings is 1. The third-order valence-electron chi connectivity index (χ3n) is 3.20. The van der Waals surface area contributed by atoms with E-state index in [0.29, 0.717) is 17.1 Å². The van der Waals surface area contributed by atoms with Crippen LogP contribution >= 0.6 is 0 Å². The fraction of sp³-hybridized carbons (Fsp3) is 0. The van der Waals surface area contributed by atoms with Gasteiger partial charge in [-0.1, -0.05) is 5.16 Å². The van der Waals surface area contributed by atoms with Crippen LogP contribution in [0.4, 0.5) is 4.39 Å². The van der Waals surface area contributed by atoms with Crippen molar-refractivity contribution in [3.8, 4) is 22.7 Å². The molecule has 0 atom stereocenters. The van der Waals surface area contributed by atoms with E-state index in [1.807, 2.05) is 18.2 Å². The molecular weight excluding hydrogens is 273 g/mol. The Morgan fingerprint density at radius 3 is 2.57 bits per heavy atom. The van der Waals surface area contributed by atoms with Crippen LogP contribution in [0.3, 0.4) is 0 Å². The third-order valence-corrected chi connectivity index (χ3v) is 3.20. The maximum atomic E-state index is 13.0. The Bertz CT molecular complexity index is 899. The number of H-pyrrole nitrogens is 1. The average Bonchev–Trinajstić information content (AvgIpc) is 3.17. The summed E-state index contributed by atoms with van der Waals surface area (Å²) in [6, 6.07) is 11.6. The van der Waals surface area contributed by atoms with Gasteiger partial charge in [-0.25, -0.2) is 9.49 Å². The molecule has 1 N–H and O–H groups in total. The summed E-state index contributed by atoms with van der Waals surface area (Å²) in [5, 5.41) is 18.5. The van der Waals surface area contributed by atoms with Crippen molar-refractivity contribution in [1.29, 1.82) is 0 Å². The largest absolute Gasteiger partial charge is 0.355 e. The van der Waals surface area contributed by atoms with Gasteiger partial charge in [0.15, 0.2) is 11.6 Å². The minimum absolute atomic E-state index is 0.295. The molecule has 21 heavy (non-hydrogen) atoms. The van der Waals surface area contributed by atoms with Crippen LogP contribution in [0.1, 0.15) is 0 Å². The maximum absolute atomic E-state index is 13.0. The normalized spacial score (nSPS) is 11.1. The monoisotopic (exact) mass is 281 g/mol. The standard InChI is InChI=1S/C14H8FN5O/c15-10-4-1-8(2-5-10)13-11-7-9(14-16-19-20-17-14)3-6-12(11)18-21-13/h1-7H,(H,16,17,19,20). The van der Waals surface area contributed by atoms with Gasteiger partial charge in [-0.2, -0.15) is 0 Å². The quantitative estimate of drug-likeness (QED) is 0.611. The Morgan fingerprint density at radius 2 is 1.81 bits per heavy atom. The Hall–Kier alpha value is -3.09. The highest BCUT2D eigenvalue weighted by molar-refractivity contribution is 5.93. The summed E-state index contributed by atoms with van der Waals surface area (Å²) in [5.41, 5.74) is 2.29. The lowest BCUT2D eigenvalue weighted by molar-refractivity contribution is 0.441. The number of aromatic amines is 1. The highest BCUT2D eigenvalue weighted by Gasteiger charge is 2.13. The van der Waals surface area contributed by atoms with E-state index < -0.39 is 0 Å². The first-order valence-electron chi connectivity index (χ1n) is 6.21. The summed E-state index contributed by atoms with van der Waals surface area (Å²) in [4.78, 5) is 0. The zero-order chi connectivity index (χ0) is 14.2. The number of nitrogens with one attached hydrogen (secondary N) is 1. The summed E-state index contributed by atoms with van der Waals surface area (Å²) >= 11 is 0. The van der Waals surface area contributed by atoms with Gasteiger partial charge in [0.05, 0.1) is 5.39 Å². The van der Waals surface area contributed by atoms with Crippen LogP contribution in [0.2, 0.25) is 0 Å². The van der Waals surface area contributed by atoms with Crippen LogP contribution in [0, 0.1) is 5.82 Å². The van der Waals surface area contributed by atoms with Gasteiger partial charge in [-0.05, 0) is 52.9 Å². The first kappa shape index (κ1) is 11.7. The Balaban J connectivity index is 1.90. The number of hydrogen-bond acceptors (Lipinski definition) is 5. The zero-order valence-corrected chi connectivity index (χ0v) is 10.6. The number of rotatable bonds is 2. The lowest BCUT2D eigenvalue weighted by atomic mass is 10.1. The minimum atomic E-state index is -0.295. The first-order valence-corrected chi connectivity index (χ1v) is 6.21. The van der Waals surface area contributed by atoms with Crippen LogP contribution in [0.25, 0.3) is 33.6 Å². The Morgan fingerprint density at radius 1 is 1.00 bits per heavy atom. The highest BCUT2D eigenvalue weighted by atomic mass is 19.1. The summed E-state index contributed by atoms with van der Waals surface area (Å²) < 4.78 is 18.4. The van der Waals surface area contributed by atoms with Gasteiger partial charge < -0.3 is 4.52 Å². The molecule has 0 aliphatic heterocycles. The molecule has 2 aromatic carbocycles. The number of benzene rings is 2. The lowest BCUT2D eigenvalue weighted by Gasteiger charge is -1.98. The van der Waals surface area contributed by atoms with Crippen molar-refractivity contribution in [1.82, 2.24) is 25.8 Å². The van der Waals surface area contributed by atoms with E-state index in [-0.39, 0.29) is 5.82 Å². The van der Waals surface area contributed by atoms with E-state index >= 15 is 0 Å². The average molecular weight is 281 g/mol. The molecule has 2 aromatic heterocycles. The first-order chi connectivity index (χ1) is 10.3. The van der Waals surface area contributed by atoms with E-state index in [1.165, 1.54) is 12.1 Å². The fourth-order valence-corrected chi connectivity index (χ4v) is 2.18. The van der Waals surface area contributed by atoms with Gasteiger partial charge in [0, 0.05) is 11.1 Å². The molecule has 0 amide bonds. The number of halogens is 1. The SMILES string of the molecule is Fc1ccc(-c2onc3ccc(-c4nnn[nH]4)cc23)cc1. The van der Waals surface area contributed by atoms with Crippen LogP contribution in [-0.2, 0) is 0 Å². The van der Waals surface area contributed by atoms with Crippen molar-refractivity contribution in [2.24, 2.45) is 0 Å². The molecule has 7 heteroatoms. The number of nitrogens with zero attached hydrogens (tertiary/aromatic N) is 4. The second-order valence-electron chi connectivity index (χ2n) is 4.50. The van der Waals surface area contributed by atoms with Crippen LogP contribution in [0.5, 0.6) is 0 Å². The molecule has 102 valence electrons. The van der Waals surface area contributed by atoms with Gasteiger partial charge in [-0.15, -0.1) is 5.10 Å². The van der Waals surface area contributed by atoms with Gasteiger partial charge in [0.2, 0.25) is 0 Å². The molecule has 4 rings (SSSR count). The maximum Gasteiger partial charge on any atom is 0.179 e. The Kier molecular flexibility index (Phi) is 2.50. The zero-order valence-electron chi connectivity index (χ0n) is 10.6. The summed E-state index contributed by atoms with van der Waals surface area (Å²) in [6.07, 6.45) is 0. The molecule has 6 nitrogen and oxygen atoms in total. The van der Waals surface area contributed by atoms with Crippen LogP contribution < -0.4 is 0 Å². The van der Waals surface area contributed by atoms with Gasteiger partial charge in [0.1, 0.15) is 11.3 Å². The van der Waals surface area contributed by atoms with Crippen LogP contribution in [0.15, 0.2) is 47.0 Å². The molecule has 0 radical (unpaired) electrons. The summed E-state index contributed by atoms with van der Waals surface area (Å²) in [7, 11) is 0. The lowest BCUT2D eigenvalue weighted by Crippen LogP contribution is -1.82. The van der Waals surface area contributed by atoms with Crippen molar-refractivity contribution in [2.75, 3.05) is 0 Å². The van der Waals surface area contributed by atoms with E-state index in [9.17, 15) is 4.39 Å². The minimum Gasteiger partial charge on any atom is -0.355 e. The second kappa shape index (κ2) is 4.48. The number of hydrogen-bond donors (Lipinski definition) is 1. The van der Waals surface area contributed by atoms with Gasteiger partial charge in [0.25, 0.3) is 0 Å². The smallest absolute Gasteiger partial charge is 0.179 e. The van der Waals surface area contributed by atoms with E-state index in [2.05, 4.69) is 25.8 Å². The molecule has 4 aromatic rings. The van der Waals surface area contributed by atoms with Gasteiger partial charge in [-0.3, -0.25) is 0 Å².